The Kier molecular flexibility index (Phi) is 7.01. The molecule has 2 aromatic carbocycles. The lowest BCUT2D eigenvalue weighted by atomic mass is 10.1. The predicted molar refractivity (Wildman–Crippen MR) is 134 cm³/mol. The average Bonchev–Trinajstić information content (AvgIpc) is 3.06. The summed E-state index contributed by atoms with van der Waals surface area (Å²) in [5.74, 6) is 0.909. The predicted octanol–water partition coefficient (Wildman–Crippen LogP) is 6.38. The molecule has 4 rings (SSSR count). The zero-order chi connectivity index (χ0) is 22.7. The van der Waals surface area contributed by atoms with Crippen LogP contribution in [0, 0.1) is 0 Å². The summed E-state index contributed by atoms with van der Waals surface area (Å²) in [6.45, 7) is 0.388. The molecule has 9 heteroatoms. The Balaban J connectivity index is 1.55. The molecule has 1 aromatic heterocycles. The van der Waals surface area contributed by atoms with Gasteiger partial charge in [0.2, 0.25) is 0 Å². The molecule has 3 aromatic rings. The van der Waals surface area contributed by atoms with E-state index in [0.29, 0.717) is 43.1 Å². The van der Waals surface area contributed by atoms with Crippen molar-refractivity contribution in [3.8, 4) is 11.5 Å². The number of anilines is 1. The standard InChI is InChI=1S/C23H16Cl2N2O3S2/c1-29-20-10-15(2-5-19(20)30-13-14-6-8-26-9-7-14)11-21-22(28)27(23(31)32-21)18-4-3-16(24)12-17(18)25/h2-12H,13H2,1H3/b21-11-. The first kappa shape index (κ1) is 22.6. The van der Waals surface area contributed by atoms with E-state index in [4.69, 9.17) is 44.9 Å². The van der Waals surface area contributed by atoms with Crippen molar-refractivity contribution in [2.24, 2.45) is 0 Å². The van der Waals surface area contributed by atoms with Crippen LogP contribution in [-0.2, 0) is 11.4 Å². The van der Waals surface area contributed by atoms with Crippen LogP contribution >= 0.6 is 47.2 Å². The maximum atomic E-state index is 13.0. The number of pyridine rings is 1. The quantitative estimate of drug-likeness (QED) is 0.287. The minimum absolute atomic E-state index is 0.249. The van der Waals surface area contributed by atoms with Crippen molar-refractivity contribution in [3.05, 3.63) is 87.0 Å². The van der Waals surface area contributed by atoms with E-state index >= 15 is 0 Å². The van der Waals surface area contributed by atoms with Gasteiger partial charge in [0.25, 0.3) is 5.91 Å². The molecular weight excluding hydrogens is 487 g/mol. The van der Waals surface area contributed by atoms with Gasteiger partial charge in [-0.2, -0.15) is 0 Å². The summed E-state index contributed by atoms with van der Waals surface area (Å²) >= 11 is 18.9. The summed E-state index contributed by atoms with van der Waals surface area (Å²) in [7, 11) is 1.57. The number of carbonyl (C=O) groups excluding carboxylic acids is 1. The van der Waals surface area contributed by atoms with Gasteiger partial charge in [-0.1, -0.05) is 53.2 Å². The zero-order valence-corrected chi connectivity index (χ0v) is 19.9. The van der Waals surface area contributed by atoms with Crippen LogP contribution in [0.25, 0.3) is 6.08 Å². The summed E-state index contributed by atoms with van der Waals surface area (Å²) < 4.78 is 11.8. The van der Waals surface area contributed by atoms with Crippen LogP contribution in [0.4, 0.5) is 5.69 Å². The molecule has 0 atom stereocenters. The lowest BCUT2D eigenvalue weighted by Crippen LogP contribution is -2.27. The fourth-order valence-electron chi connectivity index (χ4n) is 3.02. The fourth-order valence-corrected chi connectivity index (χ4v) is 4.80. The molecule has 0 unspecified atom stereocenters. The Labute approximate surface area is 204 Å². The van der Waals surface area contributed by atoms with E-state index < -0.39 is 0 Å². The molecule has 0 saturated carbocycles. The third-order valence-electron chi connectivity index (χ3n) is 4.57. The lowest BCUT2D eigenvalue weighted by Gasteiger charge is -2.16. The second-order valence-electron chi connectivity index (χ2n) is 6.67. The zero-order valence-electron chi connectivity index (χ0n) is 16.7. The van der Waals surface area contributed by atoms with Gasteiger partial charge in [0, 0.05) is 17.4 Å². The number of ether oxygens (including phenoxy) is 2. The van der Waals surface area contributed by atoms with E-state index in [1.807, 2.05) is 30.3 Å². The number of thioether (sulfide) groups is 1. The largest absolute Gasteiger partial charge is 0.493 e. The van der Waals surface area contributed by atoms with E-state index in [-0.39, 0.29) is 5.91 Å². The van der Waals surface area contributed by atoms with Gasteiger partial charge >= 0.3 is 0 Å². The highest BCUT2D eigenvalue weighted by Crippen LogP contribution is 2.40. The molecule has 1 aliphatic rings. The monoisotopic (exact) mass is 502 g/mol. The van der Waals surface area contributed by atoms with Gasteiger partial charge < -0.3 is 9.47 Å². The molecular formula is C23H16Cl2N2O3S2. The highest BCUT2D eigenvalue weighted by atomic mass is 35.5. The molecule has 32 heavy (non-hydrogen) atoms. The normalized spacial score (nSPS) is 14.8. The first-order valence-corrected chi connectivity index (χ1v) is 11.4. The second kappa shape index (κ2) is 9.92. The highest BCUT2D eigenvalue weighted by Gasteiger charge is 2.34. The number of carbonyl (C=O) groups is 1. The Morgan fingerprint density at radius 2 is 1.88 bits per heavy atom. The lowest BCUT2D eigenvalue weighted by molar-refractivity contribution is -0.113. The summed E-state index contributed by atoms with van der Waals surface area (Å²) in [5.41, 5.74) is 2.27. The number of benzene rings is 2. The maximum absolute atomic E-state index is 13.0. The third-order valence-corrected chi connectivity index (χ3v) is 6.41. The molecule has 162 valence electrons. The Hall–Kier alpha value is -2.58. The minimum atomic E-state index is -0.249. The Bertz CT molecular complexity index is 1220. The summed E-state index contributed by atoms with van der Waals surface area (Å²) in [6.07, 6.45) is 5.19. The van der Waals surface area contributed by atoms with Gasteiger partial charge in [0.1, 0.15) is 6.61 Å². The second-order valence-corrected chi connectivity index (χ2v) is 9.19. The van der Waals surface area contributed by atoms with E-state index in [0.717, 1.165) is 11.1 Å². The van der Waals surface area contributed by atoms with Crippen molar-refractivity contribution in [2.75, 3.05) is 12.0 Å². The van der Waals surface area contributed by atoms with Gasteiger partial charge in [0.05, 0.1) is 22.7 Å². The van der Waals surface area contributed by atoms with Gasteiger partial charge in [-0.3, -0.25) is 14.7 Å². The van der Waals surface area contributed by atoms with Gasteiger partial charge in [-0.05, 0) is 59.7 Å². The van der Waals surface area contributed by atoms with Gasteiger partial charge in [-0.25, -0.2) is 0 Å². The number of rotatable bonds is 6. The van der Waals surface area contributed by atoms with Crippen molar-refractivity contribution in [1.29, 1.82) is 0 Å². The van der Waals surface area contributed by atoms with Crippen LogP contribution in [0.3, 0.4) is 0 Å². The van der Waals surface area contributed by atoms with E-state index in [9.17, 15) is 4.79 Å². The molecule has 1 aliphatic heterocycles. The molecule has 0 radical (unpaired) electrons. The van der Waals surface area contributed by atoms with Gasteiger partial charge in [-0.15, -0.1) is 0 Å². The average molecular weight is 503 g/mol. The number of methoxy groups -OCH3 is 1. The Morgan fingerprint density at radius 1 is 1.09 bits per heavy atom. The molecule has 0 bridgehead atoms. The van der Waals surface area contributed by atoms with E-state index in [2.05, 4.69) is 4.98 Å². The summed E-state index contributed by atoms with van der Waals surface area (Å²) in [4.78, 5) is 18.9. The topological polar surface area (TPSA) is 51.7 Å². The number of nitrogens with zero attached hydrogens (tertiary/aromatic N) is 2. The molecule has 0 N–H and O–H groups in total. The fraction of sp³-hybridized carbons (Fsp3) is 0.0870. The Morgan fingerprint density at radius 3 is 2.59 bits per heavy atom. The van der Waals surface area contributed by atoms with E-state index in [1.54, 1.807) is 43.8 Å². The molecule has 0 spiro atoms. The van der Waals surface area contributed by atoms with Crippen molar-refractivity contribution >= 4 is 69.2 Å². The van der Waals surface area contributed by atoms with Crippen LogP contribution < -0.4 is 14.4 Å². The molecule has 1 saturated heterocycles. The molecule has 0 aliphatic carbocycles. The van der Waals surface area contributed by atoms with Gasteiger partial charge in [0.15, 0.2) is 15.8 Å². The van der Waals surface area contributed by atoms with Crippen molar-refractivity contribution in [2.45, 2.75) is 6.61 Å². The minimum Gasteiger partial charge on any atom is -0.493 e. The number of thiocarbonyl (C=S) groups is 1. The molecule has 2 heterocycles. The van der Waals surface area contributed by atoms with Crippen molar-refractivity contribution in [1.82, 2.24) is 4.98 Å². The summed E-state index contributed by atoms with van der Waals surface area (Å²) in [5, 5.41) is 0.838. The SMILES string of the molecule is COc1cc(/C=C2\SC(=S)N(c3ccc(Cl)cc3Cl)C2=O)ccc1OCc1ccncc1. The molecule has 1 amide bonds. The van der Waals surface area contributed by atoms with Crippen molar-refractivity contribution in [3.63, 3.8) is 0 Å². The maximum Gasteiger partial charge on any atom is 0.270 e. The third kappa shape index (κ3) is 4.91. The highest BCUT2D eigenvalue weighted by molar-refractivity contribution is 8.27. The van der Waals surface area contributed by atoms with Crippen LogP contribution in [0.5, 0.6) is 11.5 Å². The molecule has 1 fully saturated rings. The van der Waals surface area contributed by atoms with Crippen LogP contribution in [-0.4, -0.2) is 22.3 Å². The smallest absolute Gasteiger partial charge is 0.270 e. The first-order chi connectivity index (χ1) is 15.5. The summed E-state index contributed by atoms with van der Waals surface area (Å²) in [6, 6.07) is 14.2. The number of hydrogen-bond donors (Lipinski definition) is 0. The first-order valence-electron chi connectivity index (χ1n) is 9.39. The number of aromatic nitrogens is 1. The van der Waals surface area contributed by atoms with Crippen molar-refractivity contribution < 1.29 is 14.3 Å². The van der Waals surface area contributed by atoms with E-state index in [1.165, 1.54) is 16.7 Å². The number of halogens is 2. The molecule has 5 nitrogen and oxygen atoms in total. The van der Waals surface area contributed by atoms with Crippen LogP contribution in [0.15, 0.2) is 65.8 Å². The number of hydrogen-bond acceptors (Lipinski definition) is 6. The number of amides is 1. The van der Waals surface area contributed by atoms with Crippen LogP contribution in [0.1, 0.15) is 11.1 Å². The van der Waals surface area contributed by atoms with Crippen LogP contribution in [0.2, 0.25) is 10.0 Å².